The Morgan fingerprint density at radius 2 is 2.29 bits per heavy atom. The summed E-state index contributed by atoms with van der Waals surface area (Å²) in [5.74, 6) is -1.45. The van der Waals surface area contributed by atoms with Crippen LogP contribution >= 0.6 is 0 Å². The lowest BCUT2D eigenvalue weighted by Crippen LogP contribution is -2.17. The maximum absolute atomic E-state index is 13.8. The molecule has 5 heteroatoms. The Hall–Kier alpha value is -2.17. The molecule has 1 N–H and O–H groups in total. The Labute approximate surface area is 96.3 Å². The standard InChI is InChI=1S/C12H9FN2O2/c13-8-3-1-2-7-4-5-15-9(10(7)8)6-14-11(15)12(16)17/h1-3,6H,4-5H2,(H,16,17). The molecule has 0 aliphatic carbocycles. The van der Waals surface area contributed by atoms with E-state index in [2.05, 4.69) is 4.98 Å². The van der Waals surface area contributed by atoms with Crippen molar-refractivity contribution in [2.24, 2.45) is 0 Å². The molecule has 17 heavy (non-hydrogen) atoms. The van der Waals surface area contributed by atoms with E-state index < -0.39 is 5.97 Å². The molecule has 1 aromatic heterocycles. The van der Waals surface area contributed by atoms with E-state index in [4.69, 9.17) is 5.11 Å². The van der Waals surface area contributed by atoms with Gasteiger partial charge >= 0.3 is 5.97 Å². The average molecular weight is 232 g/mol. The van der Waals surface area contributed by atoms with Crippen molar-refractivity contribution in [3.05, 3.63) is 41.6 Å². The lowest BCUT2D eigenvalue weighted by atomic mass is 9.98. The predicted molar refractivity (Wildman–Crippen MR) is 58.3 cm³/mol. The van der Waals surface area contributed by atoms with E-state index in [1.807, 2.05) is 6.07 Å². The molecule has 86 valence electrons. The molecule has 0 amide bonds. The number of rotatable bonds is 1. The maximum Gasteiger partial charge on any atom is 0.372 e. The summed E-state index contributed by atoms with van der Waals surface area (Å²) in [6.07, 6.45) is 2.04. The monoisotopic (exact) mass is 232 g/mol. The van der Waals surface area contributed by atoms with Crippen LogP contribution in [0.5, 0.6) is 0 Å². The van der Waals surface area contributed by atoms with Crippen molar-refractivity contribution in [2.45, 2.75) is 13.0 Å². The summed E-state index contributed by atoms with van der Waals surface area (Å²) in [7, 11) is 0. The molecule has 0 spiro atoms. The summed E-state index contributed by atoms with van der Waals surface area (Å²) in [5, 5.41) is 8.97. The lowest BCUT2D eigenvalue weighted by molar-refractivity contribution is 0.0678. The summed E-state index contributed by atoms with van der Waals surface area (Å²) in [6.45, 7) is 0.521. The van der Waals surface area contributed by atoms with E-state index in [0.717, 1.165) is 5.56 Å². The Morgan fingerprint density at radius 3 is 3.06 bits per heavy atom. The molecule has 4 nitrogen and oxygen atoms in total. The number of halogens is 1. The highest BCUT2D eigenvalue weighted by molar-refractivity contribution is 5.85. The number of carboxylic acid groups (broad SMARTS) is 1. The van der Waals surface area contributed by atoms with Crippen molar-refractivity contribution in [2.75, 3.05) is 0 Å². The smallest absolute Gasteiger partial charge is 0.372 e. The number of aromatic nitrogens is 2. The van der Waals surface area contributed by atoms with Gasteiger partial charge in [0.05, 0.1) is 11.9 Å². The third kappa shape index (κ3) is 1.35. The van der Waals surface area contributed by atoms with Crippen LogP contribution in [0.15, 0.2) is 24.4 Å². The van der Waals surface area contributed by atoms with Gasteiger partial charge in [0, 0.05) is 12.1 Å². The van der Waals surface area contributed by atoms with Gasteiger partial charge in [-0.15, -0.1) is 0 Å². The molecule has 0 radical (unpaired) electrons. The van der Waals surface area contributed by atoms with Gasteiger partial charge in [-0.3, -0.25) is 0 Å². The summed E-state index contributed by atoms with van der Waals surface area (Å²) < 4.78 is 15.3. The van der Waals surface area contributed by atoms with Gasteiger partial charge in [0.25, 0.3) is 0 Å². The Bertz CT molecular complexity index is 619. The molecule has 1 aromatic carbocycles. The first-order valence-electron chi connectivity index (χ1n) is 5.25. The molecular weight excluding hydrogens is 223 g/mol. The first kappa shape index (κ1) is 10.0. The SMILES string of the molecule is O=C(O)c1ncc2n1CCc1cccc(F)c1-2. The van der Waals surface area contributed by atoms with Gasteiger partial charge in [-0.1, -0.05) is 12.1 Å². The zero-order chi connectivity index (χ0) is 12.0. The number of benzene rings is 1. The van der Waals surface area contributed by atoms with Crippen LogP contribution in [0.1, 0.15) is 16.2 Å². The number of aryl methyl sites for hydroxylation is 1. The zero-order valence-electron chi connectivity index (χ0n) is 8.85. The summed E-state index contributed by atoms with van der Waals surface area (Å²) in [4.78, 5) is 14.8. The van der Waals surface area contributed by atoms with Crippen LogP contribution in [0, 0.1) is 5.82 Å². The highest BCUT2D eigenvalue weighted by Gasteiger charge is 2.24. The topological polar surface area (TPSA) is 55.1 Å². The Morgan fingerprint density at radius 1 is 1.47 bits per heavy atom. The number of hydrogen-bond acceptors (Lipinski definition) is 2. The number of aromatic carboxylic acids is 1. The van der Waals surface area contributed by atoms with Crippen LogP contribution in [0.25, 0.3) is 11.3 Å². The molecule has 0 saturated heterocycles. The van der Waals surface area contributed by atoms with Crippen LogP contribution in [-0.2, 0) is 13.0 Å². The van der Waals surface area contributed by atoms with Gasteiger partial charge in [-0.25, -0.2) is 14.2 Å². The first-order valence-corrected chi connectivity index (χ1v) is 5.25. The van der Waals surface area contributed by atoms with E-state index in [1.54, 1.807) is 10.6 Å². The average Bonchev–Trinajstić information content (AvgIpc) is 2.72. The van der Waals surface area contributed by atoms with Crippen molar-refractivity contribution >= 4 is 5.97 Å². The molecule has 0 atom stereocenters. The van der Waals surface area contributed by atoms with E-state index in [1.165, 1.54) is 12.3 Å². The zero-order valence-corrected chi connectivity index (χ0v) is 8.85. The Balaban J connectivity index is 2.27. The molecule has 0 saturated carbocycles. The molecule has 1 aliphatic rings. The first-order chi connectivity index (χ1) is 8.18. The third-order valence-corrected chi connectivity index (χ3v) is 3.01. The molecule has 3 rings (SSSR count). The third-order valence-electron chi connectivity index (χ3n) is 3.01. The van der Waals surface area contributed by atoms with Gasteiger partial charge in [-0.05, 0) is 18.1 Å². The van der Waals surface area contributed by atoms with Crippen molar-refractivity contribution in [3.8, 4) is 11.3 Å². The maximum atomic E-state index is 13.8. The van der Waals surface area contributed by atoms with Crippen molar-refractivity contribution in [1.29, 1.82) is 0 Å². The largest absolute Gasteiger partial charge is 0.475 e. The highest BCUT2D eigenvalue weighted by Crippen LogP contribution is 2.32. The molecule has 0 bridgehead atoms. The normalized spacial score (nSPS) is 13.0. The second-order valence-electron chi connectivity index (χ2n) is 3.95. The number of nitrogens with zero attached hydrogens (tertiary/aromatic N) is 2. The van der Waals surface area contributed by atoms with Gasteiger partial charge < -0.3 is 9.67 Å². The number of carboxylic acids is 1. The van der Waals surface area contributed by atoms with E-state index in [-0.39, 0.29) is 11.6 Å². The number of hydrogen-bond donors (Lipinski definition) is 1. The lowest BCUT2D eigenvalue weighted by Gasteiger charge is -2.19. The minimum absolute atomic E-state index is 0.0334. The fourth-order valence-electron chi connectivity index (χ4n) is 2.27. The predicted octanol–water partition coefficient (Wildman–Crippen LogP) is 1.94. The summed E-state index contributed by atoms with van der Waals surface area (Å²) in [5.41, 5.74) is 1.91. The van der Waals surface area contributed by atoms with Crippen molar-refractivity contribution in [1.82, 2.24) is 9.55 Å². The second kappa shape index (κ2) is 3.41. The van der Waals surface area contributed by atoms with Crippen LogP contribution in [0.4, 0.5) is 4.39 Å². The minimum atomic E-state index is -1.09. The summed E-state index contributed by atoms with van der Waals surface area (Å²) >= 11 is 0. The van der Waals surface area contributed by atoms with Crippen molar-refractivity contribution < 1.29 is 14.3 Å². The van der Waals surface area contributed by atoms with E-state index in [0.29, 0.717) is 24.2 Å². The molecule has 1 aliphatic heterocycles. The Kier molecular flexibility index (Phi) is 2.01. The minimum Gasteiger partial charge on any atom is -0.475 e. The van der Waals surface area contributed by atoms with Gasteiger partial charge in [-0.2, -0.15) is 0 Å². The van der Waals surface area contributed by atoms with Crippen LogP contribution < -0.4 is 0 Å². The summed E-state index contributed by atoms with van der Waals surface area (Å²) in [6, 6.07) is 4.90. The van der Waals surface area contributed by atoms with Crippen LogP contribution in [0.2, 0.25) is 0 Å². The highest BCUT2D eigenvalue weighted by atomic mass is 19.1. The van der Waals surface area contributed by atoms with Gasteiger partial charge in [0.15, 0.2) is 0 Å². The molecule has 0 unspecified atom stereocenters. The fraction of sp³-hybridized carbons (Fsp3) is 0.167. The molecule has 2 aromatic rings. The quantitative estimate of drug-likeness (QED) is 0.817. The van der Waals surface area contributed by atoms with E-state index >= 15 is 0 Å². The van der Waals surface area contributed by atoms with Gasteiger partial charge in [0.2, 0.25) is 5.82 Å². The van der Waals surface area contributed by atoms with E-state index in [9.17, 15) is 9.18 Å². The molecule has 2 heterocycles. The number of imidazole rings is 1. The van der Waals surface area contributed by atoms with Crippen molar-refractivity contribution in [3.63, 3.8) is 0 Å². The van der Waals surface area contributed by atoms with Gasteiger partial charge in [0.1, 0.15) is 5.82 Å². The number of carbonyl (C=O) groups is 1. The molecular formula is C12H9FN2O2. The van der Waals surface area contributed by atoms with Crippen LogP contribution in [-0.4, -0.2) is 20.6 Å². The second-order valence-corrected chi connectivity index (χ2v) is 3.95. The number of fused-ring (bicyclic) bond motifs is 3. The van der Waals surface area contributed by atoms with Crippen LogP contribution in [0.3, 0.4) is 0 Å². The molecule has 0 fully saturated rings. The fourth-order valence-corrected chi connectivity index (χ4v) is 2.27.